The molecule has 0 bridgehead atoms. The molecular formula is C12H23O. The van der Waals surface area contributed by atoms with Crippen molar-refractivity contribution in [1.29, 1.82) is 0 Å². The second kappa shape index (κ2) is 7.11. The fourth-order valence-corrected chi connectivity index (χ4v) is 1.41. The van der Waals surface area contributed by atoms with Crippen LogP contribution in [-0.2, 0) is 4.79 Å². The summed E-state index contributed by atoms with van der Waals surface area (Å²) in [6.45, 7) is 10.1. The van der Waals surface area contributed by atoms with Gasteiger partial charge in [-0.3, -0.25) is 4.79 Å². The summed E-state index contributed by atoms with van der Waals surface area (Å²) in [4.78, 5) is 11.5. The molecule has 1 radical (unpaired) electrons. The molecule has 0 aromatic rings. The monoisotopic (exact) mass is 183 g/mol. The molecule has 0 amide bonds. The summed E-state index contributed by atoms with van der Waals surface area (Å²) < 4.78 is 0. The zero-order chi connectivity index (χ0) is 10.3. The van der Waals surface area contributed by atoms with E-state index in [2.05, 4.69) is 13.8 Å². The van der Waals surface area contributed by atoms with E-state index in [4.69, 9.17) is 0 Å². The van der Waals surface area contributed by atoms with Crippen LogP contribution in [0.1, 0.15) is 52.9 Å². The fraction of sp³-hybridized carbons (Fsp3) is 0.833. The smallest absolute Gasteiger partial charge is 0.135 e. The predicted octanol–water partition coefficient (Wildman–Crippen LogP) is 3.63. The van der Waals surface area contributed by atoms with Crippen molar-refractivity contribution < 1.29 is 4.79 Å². The third-order valence-corrected chi connectivity index (χ3v) is 2.34. The first-order valence-electron chi connectivity index (χ1n) is 5.43. The van der Waals surface area contributed by atoms with Crippen LogP contribution in [0.25, 0.3) is 0 Å². The average Bonchev–Trinajstić information content (AvgIpc) is 2.03. The van der Waals surface area contributed by atoms with Crippen molar-refractivity contribution in [3.05, 3.63) is 6.92 Å². The van der Waals surface area contributed by atoms with E-state index < -0.39 is 0 Å². The van der Waals surface area contributed by atoms with Crippen LogP contribution in [-0.4, -0.2) is 5.78 Å². The van der Waals surface area contributed by atoms with Crippen LogP contribution in [0.4, 0.5) is 0 Å². The average molecular weight is 183 g/mol. The van der Waals surface area contributed by atoms with E-state index in [-0.39, 0.29) is 11.8 Å². The molecule has 0 spiro atoms. The first kappa shape index (κ1) is 12.7. The lowest BCUT2D eigenvalue weighted by Gasteiger charge is -2.11. The summed E-state index contributed by atoms with van der Waals surface area (Å²) >= 11 is 0. The Hall–Kier alpha value is -0.330. The first-order valence-corrected chi connectivity index (χ1v) is 5.43. The van der Waals surface area contributed by atoms with Crippen LogP contribution in [0.15, 0.2) is 0 Å². The SMILES string of the molecule is [CH2]C(C)CC(=O)C(C)CCCCC. The van der Waals surface area contributed by atoms with Crippen molar-refractivity contribution in [2.75, 3.05) is 0 Å². The highest BCUT2D eigenvalue weighted by Crippen LogP contribution is 2.14. The number of ketones is 1. The van der Waals surface area contributed by atoms with Gasteiger partial charge in [-0.05, 0) is 12.3 Å². The minimum absolute atomic E-state index is 0.246. The molecule has 2 unspecified atom stereocenters. The Labute approximate surface area is 82.9 Å². The number of Topliss-reactive ketones (excluding diaryl/α,β-unsaturated/α-hetero) is 1. The van der Waals surface area contributed by atoms with Gasteiger partial charge in [-0.2, -0.15) is 0 Å². The quantitative estimate of drug-likeness (QED) is 0.551. The van der Waals surface area contributed by atoms with Crippen LogP contribution < -0.4 is 0 Å². The van der Waals surface area contributed by atoms with Gasteiger partial charge in [0.15, 0.2) is 0 Å². The van der Waals surface area contributed by atoms with Crippen molar-refractivity contribution in [2.45, 2.75) is 52.9 Å². The molecule has 2 atom stereocenters. The molecule has 0 heterocycles. The molecule has 1 heteroatoms. The molecule has 0 aliphatic heterocycles. The number of carbonyl (C=O) groups excluding carboxylic acids is 1. The van der Waals surface area contributed by atoms with Gasteiger partial charge in [-0.15, -0.1) is 0 Å². The van der Waals surface area contributed by atoms with Crippen LogP contribution in [0, 0.1) is 18.8 Å². The van der Waals surface area contributed by atoms with Gasteiger partial charge in [0, 0.05) is 12.3 Å². The third-order valence-electron chi connectivity index (χ3n) is 2.34. The number of rotatable bonds is 7. The third kappa shape index (κ3) is 6.80. The minimum Gasteiger partial charge on any atom is -0.299 e. The van der Waals surface area contributed by atoms with Gasteiger partial charge in [-0.25, -0.2) is 0 Å². The Kier molecular flexibility index (Phi) is 6.93. The Morgan fingerprint density at radius 1 is 1.31 bits per heavy atom. The van der Waals surface area contributed by atoms with Gasteiger partial charge in [0.25, 0.3) is 0 Å². The number of unbranched alkanes of at least 4 members (excludes halogenated alkanes) is 2. The van der Waals surface area contributed by atoms with Crippen LogP contribution in [0.3, 0.4) is 0 Å². The second-order valence-electron chi connectivity index (χ2n) is 4.17. The van der Waals surface area contributed by atoms with Crippen LogP contribution in [0.2, 0.25) is 0 Å². The molecule has 1 nitrogen and oxygen atoms in total. The Morgan fingerprint density at radius 2 is 1.92 bits per heavy atom. The van der Waals surface area contributed by atoms with Crippen LogP contribution in [0.5, 0.6) is 0 Å². The maximum absolute atomic E-state index is 11.5. The lowest BCUT2D eigenvalue weighted by molar-refractivity contribution is -0.123. The van der Waals surface area contributed by atoms with Crippen molar-refractivity contribution in [3.63, 3.8) is 0 Å². The van der Waals surface area contributed by atoms with Gasteiger partial charge >= 0.3 is 0 Å². The number of hydrogen-bond acceptors (Lipinski definition) is 1. The summed E-state index contributed by atoms with van der Waals surface area (Å²) in [5.74, 6) is 0.899. The standard InChI is InChI=1S/C12H23O/c1-5-6-7-8-11(4)12(13)9-10(2)3/h10-11H,2,5-9H2,1,3-4H3. The highest BCUT2D eigenvalue weighted by atomic mass is 16.1. The molecule has 0 saturated heterocycles. The van der Waals surface area contributed by atoms with Crippen molar-refractivity contribution in [3.8, 4) is 0 Å². The van der Waals surface area contributed by atoms with E-state index in [9.17, 15) is 4.79 Å². The summed E-state index contributed by atoms with van der Waals surface area (Å²) in [6.07, 6.45) is 5.37. The van der Waals surface area contributed by atoms with Crippen molar-refractivity contribution in [2.24, 2.45) is 11.8 Å². The van der Waals surface area contributed by atoms with E-state index in [0.29, 0.717) is 12.2 Å². The Bertz CT molecular complexity index is 138. The molecule has 77 valence electrons. The van der Waals surface area contributed by atoms with Gasteiger partial charge in [0.2, 0.25) is 0 Å². The van der Waals surface area contributed by atoms with Crippen LogP contribution >= 0.6 is 0 Å². The summed E-state index contributed by atoms with van der Waals surface area (Å²) in [7, 11) is 0. The summed E-state index contributed by atoms with van der Waals surface area (Å²) in [5.41, 5.74) is 0. The van der Waals surface area contributed by atoms with Gasteiger partial charge in [0.05, 0.1) is 0 Å². The zero-order valence-electron chi connectivity index (χ0n) is 9.31. The fourth-order valence-electron chi connectivity index (χ4n) is 1.41. The highest BCUT2D eigenvalue weighted by Gasteiger charge is 2.13. The summed E-state index contributed by atoms with van der Waals surface area (Å²) in [6, 6.07) is 0. The van der Waals surface area contributed by atoms with E-state index in [1.54, 1.807) is 0 Å². The topological polar surface area (TPSA) is 17.1 Å². The molecule has 13 heavy (non-hydrogen) atoms. The van der Waals surface area contributed by atoms with Gasteiger partial charge in [-0.1, -0.05) is 47.0 Å². The molecule has 0 aliphatic rings. The lowest BCUT2D eigenvalue weighted by Crippen LogP contribution is -2.13. The van der Waals surface area contributed by atoms with Crippen molar-refractivity contribution >= 4 is 5.78 Å². The van der Waals surface area contributed by atoms with Crippen molar-refractivity contribution in [1.82, 2.24) is 0 Å². The molecule has 0 aliphatic carbocycles. The summed E-state index contributed by atoms with van der Waals surface area (Å²) in [5, 5.41) is 0. The maximum atomic E-state index is 11.5. The molecular weight excluding hydrogens is 160 g/mol. The normalized spacial score (nSPS) is 13.3. The number of carbonyl (C=O) groups is 1. The Balaban J connectivity index is 3.57. The largest absolute Gasteiger partial charge is 0.299 e. The first-order chi connectivity index (χ1) is 6.07. The van der Waals surface area contributed by atoms with Gasteiger partial charge in [0.1, 0.15) is 5.78 Å². The lowest BCUT2D eigenvalue weighted by atomic mass is 9.93. The molecule has 0 rings (SSSR count). The second-order valence-corrected chi connectivity index (χ2v) is 4.17. The van der Waals surface area contributed by atoms with E-state index in [0.717, 1.165) is 6.42 Å². The van der Waals surface area contributed by atoms with E-state index >= 15 is 0 Å². The molecule has 0 aromatic heterocycles. The van der Waals surface area contributed by atoms with E-state index in [1.807, 2.05) is 13.8 Å². The highest BCUT2D eigenvalue weighted by molar-refractivity contribution is 5.80. The molecule has 0 saturated carbocycles. The van der Waals surface area contributed by atoms with E-state index in [1.165, 1.54) is 19.3 Å². The molecule has 0 aromatic carbocycles. The minimum atomic E-state index is 0.246. The maximum Gasteiger partial charge on any atom is 0.135 e. The Morgan fingerprint density at radius 3 is 2.38 bits per heavy atom. The molecule has 0 fully saturated rings. The van der Waals surface area contributed by atoms with Gasteiger partial charge < -0.3 is 0 Å². The zero-order valence-corrected chi connectivity index (χ0v) is 9.31. The molecule has 0 N–H and O–H groups in total. The predicted molar refractivity (Wildman–Crippen MR) is 57.5 cm³/mol. The number of hydrogen-bond donors (Lipinski definition) is 0.